The first-order valence-electron chi connectivity index (χ1n) is 3.91. The predicted molar refractivity (Wildman–Crippen MR) is 59.3 cm³/mol. The van der Waals surface area contributed by atoms with Crippen molar-refractivity contribution in [3.63, 3.8) is 0 Å². The van der Waals surface area contributed by atoms with Crippen LogP contribution in [0.2, 0.25) is 0 Å². The third kappa shape index (κ3) is 4.55. The molecule has 2 N–H and O–H groups in total. The third-order valence-corrected chi connectivity index (χ3v) is 1.62. The maximum absolute atomic E-state index is 10.2. The van der Waals surface area contributed by atoms with Crippen LogP contribution < -0.4 is 4.74 Å². The zero-order chi connectivity index (χ0) is 10.6. The number of hydrogen-bond acceptors (Lipinski definition) is 3. The van der Waals surface area contributed by atoms with Crippen molar-refractivity contribution in [2.24, 2.45) is 0 Å². The zero-order valence-electron chi connectivity index (χ0n) is 10.3. The van der Waals surface area contributed by atoms with E-state index in [0.29, 0.717) is 11.3 Å². The Balaban J connectivity index is -0.000000653. The van der Waals surface area contributed by atoms with Crippen LogP contribution in [-0.2, 0) is 4.79 Å². The molecule has 15 heavy (non-hydrogen) atoms. The average molecular weight is 236 g/mol. The Morgan fingerprint density at radius 1 is 1.53 bits per heavy atom. The molecule has 0 saturated carbocycles. The summed E-state index contributed by atoms with van der Waals surface area (Å²) in [5.41, 5.74) is 0.655. The molecule has 0 radical (unpaired) electrons. The van der Waals surface area contributed by atoms with Crippen molar-refractivity contribution in [3.8, 4) is 11.5 Å². The average Bonchev–Trinajstić information content (AvgIpc) is 2.16. The molecular formula is C10H12CaO4. The van der Waals surface area contributed by atoms with Gasteiger partial charge in [0.25, 0.3) is 0 Å². The van der Waals surface area contributed by atoms with Crippen LogP contribution in [0.4, 0.5) is 0 Å². The molecule has 1 rings (SSSR count). The van der Waals surface area contributed by atoms with Gasteiger partial charge in [-0.2, -0.15) is 0 Å². The molecule has 1 aromatic carbocycles. The van der Waals surface area contributed by atoms with Crippen LogP contribution in [0.5, 0.6) is 11.5 Å². The molecule has 0 spiro atoms. The van der Waals surface area contributed by atoms with E-state index < -0.39 is 5.97 Å². The Labute approximate surface area is 120 Å². The largest absolute Gasteiger partial charge is 2.00 e. The van der Waals surface area contributed by atoms with E-state index >= 15 is 0 Å². The molecule has 0 saturated heterocycles. The van der Waals surface area contributed by atoms with Gasteiger partial charge in [0.15, 0.2) is 11.5 Å². The van der Waals surface area contributed by atoms with Crippen molar-refractivity contribution >= 4 is 49.8 Å². The third-order valence-electron chi connectivity index (χ3n) is 1.62. The molecule has 0 aromatic heterocycles. The number of aliphatic carboxylic acids is 1. The van der Waals surface area contributed by atoms with Crippen molar-refractivity contribution in [2.45, 2.75) is 0 Å². The molecular weight excluding hydrogens is 224 g/mol. The molecule has 0 aliphatic rings. The van der Waals surface area contributed by atoms with E-state index in [9.17, 15) is 9.90 Å². The normalized spacial score (nSPS) is 9.67. The molecule has 0 bridgehead atoms. The number of hydrogen-bond donors (Lipinski definition) is 2. The van der Waals surface area contributed by atoms with Gasteiger partial charge in [-0.3, -0.25) is 0 Å². The first kappa shape index (κ1) is 14.3. The number of phenols is 1. The summed E-state index contributed by atoms with van der Waals surface area (Å²) in [5.74, 6) is -0.672. The van der Waals surface area contributed by atoms with Gasteiger partial charge < -0.3 is 17.8 Å². The number of ether oxygens (including phenoxy) is 1. The Bertz CT molecular complexity index is 383. The fourth-order valence-electron chi connectivity index (χ4n) is 0.965. The van der Waals surface area contributed by atoms with E-state index in [1.807, 2.05) is 0 Å². The molecule has 0 aliphatic heterocycles. The molecule has 0 atom stereocenters. The summed E-state index contributed by atoms with van der Waals surface area (Å²) in [6.07, 6.45) is 2.44. The fraction of sp³-hybridized carbons (Fsp3) is 0.100. The summed E-state index contributed by atoms with van der Waals surface area (Å²) in [5, 5.41) is 17.6. The van der Waals surface area contributed by atoms with Gasteiger partial charge in [0.2, 0.25) is 0 Å². The number of aromatic hydroxyl groups is 1. The first-order valence-corrected chi connectivity index (χ1v) is 3.91. The van der Waals surface area contributed by atoms with Crippen LogP contribution in [0.25, 0.3) is 6.08 Å². The standard InChI is InChI=1S/C10H10O4.Ca.2H/c1-14-9-6-7(2-4-8(9)11)3-5-10(12)13;;;/h2-6,11H,1H3,(H,12,13);;;/q;+2;2*-1/b5-3+;;;. The number of rotatable bonds is 3. The summed E-state index contributed by atoms with van der Waals surface area (Å²) < 4.78 is 4.86. The van der Waals surface area contributed by atoms with Crippen LogP contribution in [0.3, 0.4) is 0 Å². The summed E-state index contributed by atoms with van der Waals surface area (Å²) in [6.45, 7) is 0. The van der Waals surface area contributed by atoms with Crippen molar-refractivity contribution < 1.29 is 22.6 Å². The minimum atomic E-state index is -1.02. The van der Waals surface area contributed by atoms with Gasteiger partial charge in [0, 0.05) is 6.08 Å². The summed E-state index contributed by atoms with van der Waals surface area (Å²) in [7, 11) is 1.43. The molecule has 0 amide bonds. The SMILES string of the molecule is COc1cc(/C=C/C(=O)O)ccc1O.[Ca+2].[H-].[H-]. The molecule has 5 heteroatoms. The van der Waals surface area contributed by atoms with Gasteiger partial charge in [0.05, 0.1) is 7.11 Å². The van der Waals surface area contributed by atoms with E-state index in [4.69, 9.17) is 9.84 Å². The minimum Gasteiger partial charge on any atom is -1.00 e. The number of carboxylic acids is 1. The van der Waals surface area contributed by atoms with Crippen LogP contribution in [-0.4, -0.2) is 61.0 Å². The van der Waals surface area contributed by atoms with Gasteiger partial charge in [-0.25, -0.2) is 4.79 Å². The Hall–Kier alpha value is -0.710. The maximum Gasteiger partial charge on any atom is 2.00 e. The number of phenolic OH excluding ortho intramolecular Hbond substituents is 1. The quantitative estimate of drug-likeness (QED) is 0.614. The van der Waals surface area contributed by atoms with Crippen LogP contribution >= 0.6 is 0 Å². The van der Waals surface area contributed by atoms with E-state index in [-0.39, 0.29) is 46.3 Å². The molecule has 0 heterocycles. The molecule has 0 fully saturated rings. The summed E-state index contributed by atoms with van der Waals surface area (Å²) >= 11 is 0. The summed E-state index contributed by atoms with van der Waals surface area (Å²) in [4.78, 5) is 10.2. The second kappa shape index (κ2) is 6.71. The van der Waals surface area contributed by atoms with Crippen molar-refractivity contribution in [2.75, 3.05) is 7.11 Å². The van der Waals surface area contributed by atoms with Crippen LogP contribution in [0, 0.1) is 0 Å². The van der Waals surface area contributed by atoms with Gasteiger partial charge in [-0.1, -0.05) is 6.07 Å². The van der Waals surface area contributed by atoms with Gasteiger partial charge in [-0.15, -0.1) is 0 Å². The van der Waals surface area contributed by atoms with E-state index in [1.54, 1.807) is 12.1 Å². The Morgan fingerprint density at radius 2 is 2.20 bits per heavy atom. The number of carboxylic acid groups (broad SMARTS) is 1. The van der Waals surface area contributed by atoms with Gasteiger partial charge in [0.1, 0.15) is 0 Å². The maximum atomic E-state index is 10.2. The monoisotopic (exact) mass is 236 g/mol. The minimum absolute atomic E-state index is 0. The second-order valence-electron chi connectivity index (χ2n) is 2.60. The number of methoxy groups -OCH3 is 1. The fourth-order valence-corrected chi connectivity index (χ4v) is 0.965. The van der Waals surface area contributed by atoms with Crippen molar-refractivity contribution in [1.29, 1.82) is 0 Å². The van der Waals surface area contributed by atoms with E-state index in [2.05, 4.69) is 0 Å². The Morgan fingerprint density at radius 3 is 2.73 bits per heavy atom. The molecule has 78 valence electrons. The van der Waals surface area contributed by atoms with Gasteiger partial charge in [-0.05, 0) is 23.8 Å². The van der Waals surface area contributed by atoms with Crippen molar-refractivity contribution in [3.05, 3.63) is 29.8 Å². The molecule has 0 aliphatic carbocycles. The predicted octanol–water partition coefficient (Wildman–Crippen LogP) is 1.34. The van der Waals surface area contributed by atoms with Crippen molar-refractivity contribution in [1.82, 2.24) is 0 Å². The van der Waals surface area contributed by atoms with E-state index in [0.717, 1.165) is 6.08 Å². The smallest absolute Gasteiger partial charge is 1.00 e. The number of carbonyl (C=O) groups is 1. The zero-order valence-corrected chi connectivity index (χ0v) is 10.5. The second-order valence-corrected chi connectivity index (χ2v) is 2.60. The first-order chi connectivity index (χ1) is 6.63. The summed E-state index contributed by atoms with van der Waals surface area (Å²) in [6, 6.07) is 4.59. The van der Waals surface area contributed by atoms with E-state index in [1.165, 1.54) is 19.3 Å². The van der Waals surface area contributed by atoms with Gasteiger partial charge >= 0.3 is 43.7 Å². The molecule has 4 nitrogen and oxygen atoms in total. The molecule has 1 aromatic rings. The number of benzene rings is 1. The Kier molecular flexibility index (Phi) is 6.40. The topological polar surface area (TPSA) is 66.8 Å². The van der Waals surface area contributed by atoms with Crippen LogP contribution in [0.1, 0.15) is 8.42 Å². The molecule has 0 unspecified atom stereocenters. The van der Waals surface area contributed by atoms with Crippen LogP contribution in [0.15, 0.2) is 24.3 Å².